The fourth-order valence-corrected chi connectivity index (χ4v) is 2.91. The second-order valence-corrected chi connectivity index (χ2v) is 5.47. The first-order valence-electron chi connectivity index (χ1n) is 5.38. The molecule has 16 heavy (non-hydrogen) atoms. The zero-order valence-corrected chi connectivity index (χ0v) is 10.2. The lowest BCUT2D eigenvalue weighted by Crippen LogP contribution is -2.00. The Kier molecular flexibility index (Phi) is 2.18. The van der Waals surface area contributed by atoms with Crippen LogP contribution in [0.3, 0.4) is 0 Å². The highest BCUT2D eigenvalue weighted by Gasteiger charge is 2.42. The minimum absolute atomic E-state index is 0.540. The molecule has 1 fully saturated rings. The molecule has 0 radical (unpaired) electrons. The molecule has 1 N–H and O–H groups in total. The van der Waals surface area contributed by atoms with Gasteiger partial charge in [0.2, 0.25) is 0 Å². The van der Waals surface area contributed by atoms with Crippen molar-refractivity contribution in [2.75, 3.05) is 0 Å². The summed E-state index contributed by atoms with van der Waals surface area (Å²) in [4.78, 5) is 11.1. The van der Waals surface area contributed by atoms with Crippen molar-refractivity contribution < 1.29 is 9.90 Å². The molecule has 0 amide bonds. The summed E-state index contributed by atoms with van der Waals surface area (Å²) in [5.41, 5.74) is 2.93. The topological polar surface area (TPSA) is 37.3 Å². The number of fused-ring (bicyclic) bond motifs is 3. The summed E-state index contributed by atoms with van der Waals surface area (Å²) >= 11 is 3.47. The molecule has 0 aliphatic heterocycles. The maximum atomic E-state index is 11.1. The molecule has 3 heteroatoms. The van der Waals surface area contributed by atoms with Crippen LogP contribution in [0.25, 0.3) is 6.08 Å². The van der Waals surface area contributed by atoms with Gasteiger partial charge in [-0.3, -0.25) is 0 Å². The summed E-state index contributed by atoms with van der Waals surface area (Å²) in [5.74, 6) is 0.333. The average Bonchev–Trinajstić information content (AvgIpc) is 2.97. The summed E-state index contributed by atoms with van der Waals surface area (Å²) < 4.78 is 1.07. The third kappa shape index (κ3) is 1.59. The minimum atomic E-state index is -0.776. The van der Waals surface area contributed by atoms with Crippen molar-refractivity contribution in [2.45, 2.75) is 18.8 Å². The van der Waals surface area contributed by atoms with Gasteiger partial charge in [-0.1, -0.05) is 22.0 Å². The van der Waals surface area contributed by atoms with Gasteiger partial charge in [-0.15, -0.1) is 0 Å². The lowest BCUT2D eigenvalue weighted by atomic mass is 10.0. The highest BCUT2D eigenvalue weighted by atomic mass is 79.9. The van der Waals surface area contributed by atoms with E-state index in [1.165, 1.54) is 5.56 Å². The monoisotopic (exact) mass is 278 g/mol. The maximum Gasteiger partial charge on any atom is 0.331 e. The van der Waals surface area contributed by atoms with E-state index in [0.717, 1.165) is 16.5 Å². The molecule has 1 aromatic rings. The van der Waals surface area contributed by atoms with Crippen LogP contribution in [0.2, 0.25) is 0 Å². The Morgan fingerprint density at radius 2 is 2.25 bits per heavy atom. The second-order valence-electron chi connectivity index (χ2n) is 4.55. The second kappa shape index (κ2) is 3.45. The minimum Gasteiger partial charge on any atom is -0.478 e. The molecule has 0 bridgehead atoms. The van der Waals surface area contributed by atoms with Gasteiger partial charge in [0.1, 0.15) is 0 Å². The van der Waals surface area contributed by atoms with E-state index in [4.69, 9.17) is 5.11 Å². The van der Waals surface area contributed by atoms with Crippen LogP contribution < -0.4 is 0 Å². The van der Waals surface area contributed by atoms with E-state index in [1.54, 1.807) is 0 Å². The standard InChI is InChI=1S/C13H11BrO2/c14-10-2-1-7-3-9(13(15)16)4-8-5-11(8)12(7)6-10/h1-3,6,8,11H,4-5H2,(H,15,16). The summed E-state index contributed by atoms with van der Waals surface area (Å²) in [6.07, 6.45) is 3.68. The highest BCUT2D eigenvalue weighted by molar-refractivity contribution is 9.10. The molecule has 2 nitrogen and oxygen atoms in total. The van der Waals surface area contributed by atoms with E-state index in [9.17, 15) is 4.79 Å². The normalized spacial score (nSPS) is 26.2. The molecule has 0 spiro atoms. The van der Waals surface area contributed by atoms with Gasteiger partial charge in [-0.05, 0) is 54.0 Å². The highest BCUT2D eigenvalue weighted by Crippen LogP contribution is 2.54. The van der Waals surface area contributed by atoms with E-state index in [1.807, 2.05) is 18.2 Å². The first kappa shape index (κ1) is 10.1. The fraction of sp³-hybridized carbons (Fsp3) is 0.308. The number of carbonyl (C=O) groups is 1. The Morgan fingerprint density at radius 3 is 3.00 bits per heavy atom. The SMILES string of the molecule is O=C(O)C1=Cc2ccc(Br)cc2C2CC2C1. The number of hydrogen-bond donors (Lipinski definition) is 1. The summed E-state index contributed by atoms with van der Waals surface area (Å²) in [6.45, 7) is 0. The van der Waals surface area contributed by atoms with Crippen LogP contribution in [-0.2, 0) is 4.79 Å². The lowest BCUT2D eigenvalue weighted by Gasteiger charge is -2.04. The molecule has 0 heterocycles. The van der Waals surface area contributed by atoms with Crippen molar-refractivity contribution >= 4 is 28.0 Å². The van der Waals surface area contributed by atoms with Gasteiger partial charge >= 0.3 is 5.97 Å². The Labute approximate surface area is 102 Å². The van der Waals surface area contributed by atoms with E-state index >= 15 is 0 Å². The van der Waals surface area contributed by atoms with Crippen molar-refractivity contribution in [3.63, 3.8) is 0 Å². The molecule has 0 saturated heterocycles. The van der Waals surface area contributed by atoms with E-state index < -0.39 is 5.97 Å². The van der Waals surface area contributed by atoms with E-state index in [0.29, 0.717) is 23.8 Å². The zero-order chi connectivity index (χ0) is 11.3. The Balaban J connectivity index is 2.13. The van der Waals surface area contributed by atoms with Crippen LogP contribution in [0, 0.1) is 5.92 Å². The van der Waals surface area contributed by atoms with Crippen molar-refractivity contribution in [3.05, 3.63) is 39.4 Å². The number of hydrogen-bond acceptors (Lipinski definition) is 1. The van der Waals surface area contributed by atoms with Gasteiger partial charge < -0.3 is 5.11 Å². The largest absolute Gasteiger partial charge is 0.478 e. The van der Waals surface area contributed by atoms with Gasteiger partial charge in [-0.25, -0.2) is 4.79 Å². The zero-order valence-electron chi connectivity index (χ0n) is 8.61. The number of aliphatic carboxylic acids is 1. The molecule has 1 saturated carbocycles. The predicted octanol–water partition coefficient (Wildman–Crippen LogP) is 3.42. The van der Waals surface area contributed by atoms with Gasteiger partial charge in [0.05, 0.1) is 0 Å². The van der Waals surface area contributed by atoms with Crippen LogP contribution in [-0.4, -0.2) is 11.1 Å². The predicted molar refractivity (Wildman–Crippen MR) is 65.2 cm³/mol. The van der Waals surface area contributed by atoms with Crippen molar-refractivity contribution in [1.82, 2.24) is 0 Å². The number of carboxylic acid groups (broad SMARTS) is 1. The first-order valence-corrected chi connectivity index (χ1v) is 6.18. The van der Waals surface area contributed by atoms with Crippen molar-refractivity contribution in [3.8, 4) is 0 Å². The van der Waals surface area contributed by atoms with Crippen molar-refractivity contribution in [2.24, 2.45) is 5.92 Å². The first-order chi connectivity index (χ1) is 7.65. The molecule has 82 valence electrons. The fourth-order valence-electron chi connectivity index (χ4n) is 2.53. The van der Waals surface area contributed by atoms with Crippen LogP contribution in [0.4, 0.5) is 0 Å². The molecule has 1 aromatic carbocycles. The third-order valence-corrected chi connectivity index (χ3v) is 3.95. The van der Waals surface area contributed by atoms with Gasteiger partial charge in [-0.2, -0.15) is 0 Å². The summed E-state index contributed by atoms with van der Waals surface area (Å²) in [5, 5.41) is 9.10. The Bertz CT molecular complexity index is 505. The number of carboxylic acids is 1. The molecule has 2 aliphatic rings. The quantitative estimate of drug-likeness (QED) is 0.855. The number of rotatable bonds is 1. The third-order valence-electron chi connectivity index (χ3n) is 3.46. The lowest BCUT2D eigenvalue weighted by molar-refractivity contribution is -0.132. The van der Waals surface area contributed by atoms with Gasteiger partial charge in [0, 0.05) is 10.0 Å². The number of halogens is 1. The molecular formula is C13H11BrO2. The van der Waals surface area contributed by atoms with Gasteiger partial charge in [0.25, 0.3) is 0 Å². The van der Waals surface area contributed by atoms with E-state index in [2.05, 4.69) is 22.0 Å². The molecule has 3 rings (SSSR count). The maximum absolute atomic E-state index is 11.1. The molecule has 0 aromatic heterocycles. The van der Waals surface area contributed by atoms with Crippen LogP contribution in [0.5, 0.6) is 0 Å². The smallest absolute Gasteiger partial charge is 0.331 e. The summed E-state index contributed by atoms with van der Waals surface area (Å²) in [7, 11) is 0. The van der Waals surface area contributed by atoms with Crippen LogP contribution in [0.15, 0.2) is 28.2 Å². The summed E-state index contributed by atoms with van der Waals surface area (Å²) in [6, 6.07) is 6.10. The Hall–Kier alpha value is -1.09. The molecule has 2 atom stereocenters. The molecular weight excluding hydrogens is 268 g/mol. The number of benzene rings is 1. The van der Waals surface area contributed by atoms with Crippen LogP contribution >= 0.6 is 15.9 Å². The van der Waals surface area contributed by atoms with Crippen molar-refractivity contribution in [1.29, 1.82) is 0 Å². The van der Waals surface area contributed by atoms with Crippen LogP contribution in [0.1, 0.15) is 29.9 Å². The molecule has 2 unspecified atom stereocenters. The Morgan fingerprint density at radius 1 is 1.44 bits per heavy atom. The van der Waals surface area contributed by atoms with Gasteiger partial charge in [0.15, 0.2) is 0 Å². The van der Waals surface area contributed by atoms with E-state index in [-0.39, 0.29) is 0 Å². The average molecular weight is 279 g/mol. The molecule has 2 aliphatic carbocycles.